The number of nitrogens with one attached hydrogen (secondary N) is 2. The van der Waals surface area contributed by atoms with Gasteiger partial charge < -0.3 is 10.6 Å². The molecular formula is C14H20ClFN2O3S. The van der Waals surface area contributed by atoms with Crippen LogP contribution in [0.1, 0.15) is 19.4 Å². The van der Waals surface area contributed by atoms with Crippen molar-refractivity contribution in [2.45, 2.75) is 20.8 Å². The minimum absolute atomic E-state index is 0.00131. The lowest BCUT2D eigenvalue weighted by molar-refractivity contribution is 0.252. The molecule has 0 fully saturated rings. The molecule has 0 bridgehead atoms. The molecule has 0 saturated heterocycles. The summed E-state index contributed by atoms with van der Waals surface area (Å²) < 4.78 is 36.6. The van der Waals surface area contributed by atoms with Crippen molar-refractivity contribution in [3.63, 3.8) is 0 Å². The summed E-state index contributed by atoms with van der Waals surface area (Å²) in [6.07, 6.45) is 0. The summed E-state index contributed by atoms with van der Waals surface area (Å²) in [5, 5.41) is 4.98. The number of amides is 2. The number of rotatable bonds is 6. The number of anilines is 1. The van der Waals surface area contributed by atoms with E-state index in [1.54, 1.807) is 6.92 Å². The maximum atomic E-state index is 13.3. The largest absolute Gasteiger partial charge is 0.337 e. The molecule has 1 aromatic carbocycles. The lowest BCUT2D eigenvalue weighted by atomic mass is 10.2. The Bertz CT molecular complexity index is 648. The van der Waals surface area contributed by atoms with E-state index in [-0.39, 0.29) is 34.7 Å². The maximum absolute atomic E-state index is 13.3. The number of halogens is 2. The van der Waals surface area contributed by atoms with Crippen molar-refractivity contribution in [3.8, 4) is 0 Å². The van der Waals surface area contributed by atoms with Gasteiger partial charge in [0.25, 0.3) is 0 Å². The Morgan fingerprint density at radius 1 is 1.36 bits per heavy atom. The Balaban J connectivity index is 2.53. The van der Waals surface area contributed by atoms with E-state index in [0.717, 1.165) is 6.07 Å². The van der Waals surface area contributed by atoms with E-state index in [1.165, 1.54) is 6.07 Å². The van der Waals surface area contributed by atoms with Crippen LogP contribution in [0.25, 0.3) is 0 Å². The first kappa shape index (κ1) is 18.7. The Morgan fingerprint density at radius 2 is 2.00 bits per heavy atom. The van der Waals surface area contributed by atoms with Crippen LogP contribution < -0.4 is 10.6 Å². The van der Waals surface area contributed by atoms with Crippen molar-refractivity contribution in [1.29, 1.82) is 0 Å². The van der Waals surface area contributed by atoms with Gasteiger partial charge in [0.05, 0.1) is 22.2 Å². The zero-order valence-electron chi connectivity index (χ0n) is 12.7. The molecule has 2 amide bonds. The molecule has 0 heterocycles. The van der Waals surface area contributed by atoms with Crippen molar-refractivity contribution in [2.75, 3.05) is 23.4 Å². The van der Waals surface area contributed by atoms with E-state index in [2.05, 4.69) is 10.6 Å². The van der Waals surface area contributed by atoms with Crippen molar-refractivity contribution >= 4 is 33.2 Å². The average molecular weight is 351 g/mol. The molecule has 5 nitrogen and oxygen atoms in total. The molecule has 124 valence electrons. The molecule has 0 aliphatic heterocycles. The van der Waals surface area contributed by atoms with Crippen molar-refractivity contribution in [3.05, 3.63) is 28.5 Å². The Kier molecular flexibility index (Phi) is 6.62. The first-order chi connectivity index (χ1) is 10.1. The van der Waals surface area contributed by atoms with Gasteiger partial charge in [0.15, 0.2) is 9.84 Å². The highest BCUT2D eigenvalue weighted by Gasteiger charge is 2.14. The van der Waals surface area contributed by atoms with Crippen LogP contribution in [-0.2, 0) is 9.84 Å². The average Bonchev–Trinajstić information content (AvgIpc) is 2.34. The molecule has 0 atom stereocenters. The molecule has 0 unspecified atom stereocenters. The van der Waals surface area contributed by atoms with Crippen LogP contribution in [0.2, 0.25) is 5.02 Å². The molecular weight excluding hydrogens is 331 g/mol. The molecule has 0 radical (unpaired) electrons. The van der Waals surface area contributed by atoms with Crippen LogP contribution >= 0.6 is 11.6 Å². The minimum Gasteiger partial charge on any atom is -0.337 e. The first-order valence-electron chi connectivity index (χ1n) is 6.81. The fourth-order valence-corrected chi connectivity index (χ4v) is 3.62. The number of sulfone groups is 1. The lowest BCUT2D eigenvalue weighted by Gasteiger charge is -2.11. The van der Waals surface area contributed by atoms with Gasteiger partial charge in [-0.1, -0.05) is 25.4 Å². The molecule has 0 aliphatic rings. The number of hydrogen-bond donors (Lipinski definition) is 2. The van der Waals surface area contributed by atoms with E-state index in [1.807, 2.05) is 13.8 Å². The van der Waals surface area contributed by atoms with Crippen molar-refractivity contribution in [2.24, 2.45) is 5.92 Å². The number of urea groups is 1. The smallest absolute Gasteiger partial charge is 0.319 e. The normalized spacial score (nSPS) is 11.5. The Morgan fingerprint density at radius 3 is 2.59 bits per heavy atom. The van der Waals surface area contributed by atoms with Gasteiger partial charge in [-0.3, -0.25) is 0 Å². The van der Waals surface area contributed by atoms with Crippen LogP contribution in [0.4, 0.5) is 14.9 Å². The molecule has 22 heavy (non-hydrogen) atoms. The Hall–Kier alpha value is -1.34. The second kappa shape index (κ2) is 7.78. The summed E-state index contributed by atoms with van der Waals surface area (Å²) in [4.78, 5) is 11.7. The predicted molar refractivity (Wildman–Crippen MR) is 86.7 cm³/mol. The van der Waals surface area contributed by atoms with Crippen molar-refractivity contribution in [1.82, 2.24) is 5.32 Å². The second-order valence-corrected chi connectivity index (χ2v) is 8.11. The quantitative estimate of drug-likeness (QED) is 0.828. The van der Waals surface area contributed by atoms with E-state index < -0.39 is 21.7 Å². The number of carbonyl (C=O) groups excluding carboxylic acids is 1. The summed E-state index contributed by atoms with van der Waals surface area (Å²) in [6, 6.07) is 1.93. The molecule has 0 saturated carbocycles. The fourth-order valence-electron chi connectivity index (χ4n) is 1.83. The summed E-state index contributed by atoms with van der Waals surface area (Å²) in [7, 11) is -3.19. The summed E-state index contributed by atoms with van der Waals surface area (Å²) in [5.41, 5.74) is 0.613. The van der Waals surface area contributed by atoms with E-state index in [9.17, 15) is 17.6 Å². The third kappa shape index (κ3) is 6.19. The third-order valence-corrected chi connectivity index (χ3v) is 5.10. The minimum atomic E-state index is -3.19. The zero-order chi connectivity index (χ0) is 16.9. The lowest BCUT2D eigenvalue weighted by Crippen LogP contribution is -2.33. The molecule has 0 aliphatic carbocycles. The van der Waals surface area contributed by atoms with Gasteiger partial charge in [-0.2, -0.15) is 0 Å². The Labute approximate surface area is 135 Å². The molecule has 0 spiro atoms. The third-order valence-electron chi connectivity index (χ3n) is 2.78. The van der Waals surface area contributed by atoms with Crippen LogP contribution in [0, 0.1) is 18.7 Å². The topological polar surface area (TPSA) is 75.3 Å². The predicted octanol–water partition coefficient (Wildman–Crippen LogP) is 2.98. The monoisotopic (exact) mass is 350 g/mol. The highest BCUT2D eigenvalue weighted by molar-refractivity contribution is 7.91. The van der Waals surface area contributed by atoms with E-state index in [0.29, 0.717) is 5.56 Å². The zero-order valence-corrected chi connectivity index (χ0v) is 14.3. The second-order valence-electron chi connectivity index (χ2n) is 5.47. The summed E-state index contributed by atoms with van der Waals surface area (Å²) >= 11 is 5.83. The number of hydrogen-bond acceptors (Lipinski definition) is 3. The van der Waals surface area contributed by atoms with Gasteiger partial charge in [0.1, 0.15) is 5.82 Å². The molecule has 0 aromatic heterocycles. The first-order valence-corrected chi connectivity index (χ1v) is 9.01. The number of carbonyl (C=O) groups is 1. The fraction of sp³-hybridized carbons (Fsp3) is 0.500. The highest BCUT2D eigenvalue weighted by Crippen LogP contribution is 2.24. The van der Waals surface area contributed by atoms with Gasteiger partial charge in [-0.25, -0.2) is 17.6 Å². The number of aryl methyl sites for hydroxylation is 1. The van der Waals surface area contributed by atoms with Crippen LogP contribution in [-0.4, -0.2) is 32.5 Å². The standard InChI is InChI=1S/C14H20ClFN2O3S/c1-9(2)8-22(20,21)5-4-17-14(19)18-13-6-10(3)12(16)7-11(13)15/h6-7,9H,4-5,8H2,1-3H3,(H2,17,18,19). The van der Waals surface area contributed by atoms with Gasteiger partial charge in [0, 0.05) is 6.54 Å². The van der Waals surface area contributed by atoms with Crippen LogP contribution in [0.5, 0.6) is 0 Å². The van der Waals surface area contributed by atoms with Gasteiger partial charge >= 0.3 is 6.03 Å². The molecule has 1 aromatic rings. The van der Waals surface area contributed by atoms with Crippen LogP contribution in [0.15, 0.2) is 12.1 Å². The van der Waals surface area contributed by atoms with Gasteiger partial charge in [-0.05, 0) is 30.5 Å². The summed E-state index contributed by atoms with van der Waals surface area (Å²) in [5.74, 6) is -0.468. The molecule has 2 N–H and O–H groups in total. The molecule has 1 rings (SSSR count). The summed E-state index contributed by atoms with van der Waals surface area (Å²) in [6.45, 7) is 5.18. The van der Waals surface area contributed by atoms with Gasteiger partial charge in [-0.15, -0.1) is 0 Å². The number of benzene rings is 1. The highest BCUT2D eigenvalue weighted by atomic mass is 35.5. The maximum Gasteiger partial charge on any atom is 0.319 e. The SMILES string of the molecule is Cc1cc(NC(=O)NCCS(=O)(=O)CC(C)C)c(Cl)cc1F. The molecule has 8 heteroatoms. The van der Waals surface area contributed by atoms with E-state index >= 15 is 0 Å². The van der Waals surface area contributed by atoms with Crippen molar-refractivity contribution < 1.29 is 17.6 Å². The van der Waals surface area contributed by atoms with Gasteiger partial charge in [0.2, 0.25) is 0 Å². The van der Waals surface area contributed by atoms with Crippen LogP contribution in [0.3, 0.4) is 0 Å². The van der Waals surface area contributed by atoms with E-state index in [4.69, 9.17) is 11.6 Å².